The average molecular weight is 381 g/mol. The number of rotatable bonds is 5. The van der Waals surface area contributed by atoms with E-state index in [2.05, 4.69) is 10.1 Å². The van der Waals surface area contributed by atoms with Gasteiger partial charge in [0, 0.05) is 31.8 Å². The van der Waals surface area contributed by atoms with Gasteiger partial charge in [-0.3, -0.25) is 4.79 Å². The highest BCUT2D eigenvalue weighted by Crippen LogP contribution is 2.39. The van der Waals surface area contributed by atoms with Crippen LogP contribution in [-0.2, 0) is 16.1 Å². The van der Waals surface area contributed by atoms with Crippen LogP contribution in [0.15, 0.2) is 12.1 Å². The lowest BCUT2D eigenvalue weighted by Gasteiger charge is -2.28. The molecule has 1 aromatic carbocycles. The summed E-state index contributed by atoms with van der Waals surface area (Å²) in [7, 11) is 1.59. The van der Waals surface area contributed by atoms with E-state index in [4.69, 9.17) is 14.2 Å². The molecule has 0 bridgehead atoms. The van der Waals surface area contributed by atoms with Crippen LogP contribution in [0.5, 0.6) is 17.2 Å². The van der Waals surface area contributed by atoms with Gasteiger partial charge in [0.05, 0.1) is 13.2 Å². The highest BCUT2D eigenvalue weighted by Gasteiger charge is 2.26. The SMILES string of the molecule is CN(Cc1cc2c(cc1OC(F)F)OCO2)C(=O)C1COCCN1.Cl. The number of hydrogen-bond acceptors (Lipinski definition) is 6. The number of nitrogens with one attached hydrogen (secondary N) is 1. The minimum atomic E-state index is -2.97. The number of nitrogens with zero attached hydrogens (tertiary/aromatic N) is 1. The van der Waals surface area contributed by atoms with Gasteiger partial charge in [-0.1, -0.05) is 0 Å². The molecule has 1 saturated heterocycles. The van der Waals surface area contributed by atoms with Crippen molar-refractivity contribution < 1.29 is 32.5 Å². The molecule has 2 aliphatic heterocycles. The van der Waals surface area contributed by atoms with Crippen molar-refractivity contribution in [1.82, 2.24) is 10.2 Å². The van der Waals surface area contributed by atoms with Gasteiger partial charge in [-0.05, 0) is 6.07 Å². The molecule has 0 saturated carbocycles. The van der Waals surface area contributed by atoms with Crippen LogP contribution in [0.4, 0.5) is 8.78 Å². The first-order chi connectivity index (χ1) is 11.5. The number of ether oxygens (including phenoxy) is 4. The van der Waals surface area contributed by atoms with E-state index in [1.165, 1.54) is 11.0 Å². The van der Waals surface area contributed by atoms with Crippen molar-refractivity contribution >= 4 is 18.3 Å². The molecule has 1 atom stereocenters. The second-order valence-corrected chi connectivity index (χ2v) is 5.47. The molecule has 0 radical (unpaired) electrons. The molecule has 0 spiro atoms. The first-order valence-corrected chi connectivity index (χ1v) is 7.48. The molecular weight excluding hydrogens is 362 g/mol. The van der Waals surface area contributed by atoms with E-state index < -0.39 is 12.7 Å². The average Bonchev–Trinajstić information content (AvgIpc) is 3.01. The highest BCUT2D eigenvalue weighted by molar-refractivity contribution is 5.85. The van der Waals surface area contributed by atoms with Crippen LogP contribution in [-0.4, -0.2) is 57.1 Å². The molecule has 0 aliphatic carbocycles. The fraction of sp³-hybridized carbons (Fsp3) is 0.533. The van der Waals surface area contributed by atoms with Crippen molar-refractivity contribution in [1.29, 1.82) is 0 Å². The standard InChI is InChI=1S/C15H18F2N2O5.ClH/c1-19(14(20)10-7-21-3-2-18-10)6-9-4-12-13(23-8-22-12)5-11(9)24-15(16)17;/h4-5,10,15,18H,2-3,6-8H2,1H3;1H. The van der Waals surface area contributed by atoms with Gasteiger partial charge < -0.3 is 29.2 Å². The Balaban J connectivity index is 0.00000225. The summed E-state index contributed by atoms with van der Waals surface area (Å²) >= 11 is 0. The molecule has 2 aliphatic rings. The van der Waals surface area contributed by atoms with E-state index in [0.717, 1.165) is 0 Å². The smallest absolute Gasteiger partial charge is 0.387 e. The Kier molecular flexibility index (Phi) is 6.63. The van der Waals surface area contributed by atoms with Crippen molar-refractivity contribution in [3.8, 4) is 17.2 Å². The number of amides is 1. The number of hydrogen-bond donors (Lipinski definition) is 1. The van der Waals surface area contributed by atoms with Crippen molar-refractivity contribution in [2.75, 3.05) is 33.6 Å². The van der Waals surface area contributed by atoms with E-state index in [1.807, 2.05) is 0 Å². The maximum Gasteiger partial charge on any atom is 0.387 e. The zero-order chi connectivity index (χ0) is 17.1. The molecule has 1 aromatic rings. The lowest BCUT2D eigenvalue weighted by molar-refractivity contribution is -0.135. The van der Waals surface area contributed by atoms with Crippen LogP contribution in [0.2, 0.25) is 0 Å². The zero-order valence-corrected chi connectivity index (χ0v) is 14.3. The van der Waals surface area contributed by atoms with Crippen LogP contribution in [0.25, 0.3) is 0 Å². The number of carbonyl (C=O) groups excluding carboxylic acids is 1. The first kappa shape index (κ1) is 19.5. The van der Waals surface area contributed by atoms with Crippen LogP contribution in [0.1, 0.15) is 5.56 Å². The summed E-state index contributed by atoms with van der Waals surface area (Å²) in [5, 5.41) is 3.06. The summed E-state index contributed by atoms with van der Waals surface area (Å²) in [5.41, 5.74) is 0.409. The summed E-state index contributed by atoms with van der Waals surface area (Å²) in [6, 6.07) is 2.45. The number of fused-ring (bicyclic) bond motifs is 1. The molecule has 140 valence electrons. The number of likely N-dealkylation sites (N-methyl/N-ethyl adjacent to an activating group) is 1. The number of benzene rings is 1. The van der Waals surface area contributed by atoms with Gasteiger partial charge in [-0.2, -0.15) is 8.78 Å². The summed E-state index contributed by atoms with van der Waals surface area (Å²) in [6.07, 6.45) is 0. The lowest BCUT2D eigenvalue weighted by Crippen LogP contribution is -2.51. The fourth-order valence-corrected chi connectivity index (χ4v) is 2.62. The Morgan fingerprint density at radius 2 is 2.12 bits per heavy atom. The fourth-order valence-electron chi connectivity index (χ4n) is 2.62. The molecule has 1 amide bonds. The zero-order valence-electron chi connectivity index (χ0n) is 13.5. The minimum Gasteiger partial charge on any atom is -0.454 e. The maximum absolute atomic E-state index is 12.6. The maximum atomic E-state index is 12.6. The highest BCUT2D eigenvalue weighted by atomic mass is 35.5. The predicted molar refractivity (Wildman–Crippen MR) is 85.5 cm³/mol. The number of morpholine rings is 1. The third-order valence-corrected chi connectivity index (χ3v) is 3.78. The third kappa shape index (κ3) is 4.62. The second-order valence-electron chi connectivity index (χ2n) is 5.47. The number of alkyl halides is 2. The molecule has 7 nitrogen and oxygen atoms in total. The Bertz CT molecular complexity index is 614. The van der Waals surface area contributed by atoms with Gasteiger partial charge >= 0.3 is 6.61 Å². The Morgan fingerprint density at radius 1 is 1.40 bits per heavy atom. The largest absolute Gasteiger partial charge is 0.454 e. The lowest BCUT2D eigenvalue weighted by atomic mass is 10.1. The Labute approximate surface area is 149 Å². The summed E-state index contributed by atoms with van der Waals surface area (Å²) in [5.74, 6) is 0.550. The second kappa shape index (κ2) is 8.50. The van der Waals surface area contributed by atoms with Crippen LogP contribution in [0, 0.1) is 0 Å². The van der Waals surface area contributed by atoms with Crippen LogP contribution in [0.3, 0.4) is 0 Å². The summed E-state index contributed by atoms with van der Waals surface area (Å²) < 4.78 is 45.5. The van der Waals surface area contributed by atoms with Gasteiger partial charge in [0.25, 0.3) is 0 Å². The predicted octanol–water partition coefficient (Wildman–Crippen LogP) is 1.39. The monoisotopic (exact) mass is 380 g/mol. The summed E-state index contributed by atoms with van der Waals surface area (Å²) in [4.78, 5) is 13.8. The van der Waals surface area contributed by atoms with Crippen molar-refractivity contribution in [2.45, 2.75) is 19.2 Å². The molecule has 0 aromatic heterocycles. The molecule has 1 N–H and O–H groups in total. The third-order valence-electron chi connectivity index (χ3n) is 3.78. The normalized spacial score (nSPS) is 18.6. The molecule has 2 heterocycles. The van der Waals surface area contributed by atoms with E-state index in [-0.39, 0.29) is 44.0 Å². The molecule has 1 fully saturated rings. The quantitative estimate of drug-likeness (QED) is 0.832. The first-order valence-electron chi connectivity index (χ1n) is 7.48. The van der Waals surface area contributed by atoms with E-state index in [9.17, 15) is 13.6 Å². The molecule has 1 unspecified atom stereocenters. The Hall–Kier alpha value is -1.84. The summed E-state index contributed by atoms with van der Waals surface area (Å²) in [6.45, 7) is -1.43. The van der Waals surface area contributed by atoms with E-state index in [0.29, 0.717) is 30.2 Å². The molecule has 10 heteroatoms. The van der Waals surface area contributed by atoms with Crippen molar-refractivity contribution in [3.63, 3.8) is 0 Å². The number of carbonyl (C=O) groups is 1. The van der Waals surface area contributed by atoms with Crippen molar-refractivity contribution in [2.24, 2.45) is 0 Å². The topological polar surface area (TPSA) is 69.3 Å². The molecule has 25 heavy (non-hydrogen) atoms. The van der Waals surface area contributed by atoms with E-state index >= 15 is 0 Å². The molecular formula is C15H19ClF2N2O5. The Morgan fingerprint density at radius 3 is 2.76 bits per heavy atom. The molecule has 3 rings (SSSR count). The van der Waals surface area contributed by atoms with Gasteiger partial charge in [-0.15, -0.1) is 12.4 Å². The van der Waals surface area contributed by atoms with Gasteiger partial charge in [0.2, 0.25) is 12.7 Å². The van der Waals surface area contributed by atoms with Crippen molar-refractivity contribution in [3.05, 3.63) is 17.7 Å². The van der Waals surface area contributed by atoms with Gasteiger partial charge in [-0.25, -0.2) is 0 Å². The minimum absolute atomic E-state index is 0. The van der Waals surface area contributed by atoms with Crippen LogP contribution >= 0.6 is 12.4 Å². The van der Waals surface area contributed by atoms with Gasteiger partial charge in [0.1, 0.15) is 11.8 Å². The van der Waals surface area contributed by atoms with Crippen LogP contribution < -0.4 is 19.5 Å². The van der Waals surface area contributed by atoms with Gasteiger partial charge in [0.15, 0.2) is 11.5 Å². The number of halogens is 3. The van der Waals surface area contributed by atoms with E-state index in [1.54, 1.807) is 13.1 Å².